The maximum atomic E-state index is 12.5. The van der Waals surface area contributed by atoms with Gasteiger partial charge in [0.05, 0.1) is 0 Å². The van der Waals surface area contributed by atoms with E-state index in [1.807, 2.05) is 43.3 Å². The van der Waals surface area contributed by atoms with Crippen molar-refractivity contribution in [3.8, 4) is 22.9 Å². The van der Waals surface area contributed by atoms with E-state index in [1.54, 1.807) is 50.5 Å². The Labute approximate surface area is 192 Å². The summed E-state index contributed by atoms with van der Waals surface area (Å²) in [6.07, 6.45) is 0. The van der Waals surface area contributed by atoms with Gasteiger partial charge in [-0.3, -0.25) is 9.59 Å². The van der Waals surface area contributed by atoms with Gasteiger partial charge in [0.2, 0.25) is 11.8 Å². The van der Waals surface area contributed by atoms with Gasteiger partial charge in [-0.25, -0.2) is 0 Å². The van der Waals surface area contributed by atoms with E-state index in [2.05, 4.69) is 15.5 Å². The molecule has 0 aliphatic rings. The summed E-state index contributed by atoms with van der Waals surface area (Å²) in [5.74, 6) is 0.591. The quantitative estimate of drug-likeness (QED) is 0.482. The Morgan fingerprint density at radius 3 is 1.85 bits per heavy atom. The molecule has 7 heteroatoms. The van der Waals surface area contributed by atoms with Crippen LogP contribution in [0.4, 0.5) is 0 Å². The summed E-state index contributed by atoms with van der Waals surface area (Å²) in [6, 6.07) is 22.0. The molecule has 4 aromatic rings. The van der Waals surface area contributed by atoms with E-state index in [9.17, 15) is 9.59 Å². The Balaban J connectivity index is 1.37. The van der Waals surface area contributed by atoms with Crippen LogP contribution >= 0.6 is 0 Å². The molecule has 7 nitrogen and oxygen atoms in total. The first-order valence-electron chi connectivity index (χ1n) is 10.5. The normalized spacial score (nSPS) is 10.6. The molecule has 1 heterocycles. The lowest BCUT2D eigenvalue weighted by Gasteiger charge is -2.11. The van der Waals surface area contributed by atoms with E-state index in [4.69, 9.17) is 4.42 Å². The molecule has 166 valence electrons. The van der Waals surface area contributed by atoms with E-state index in [1.165, 1.54) is 4.90 Å². The van der Waals surface area contributed by atoms with Crippen LogP contribution in [0.5, 0.6) is 0 Å². The predicted molar refractivity (Wildman–Crippen MR) is 126 cm³/mol. The van der Waals surface area contributed by atoms with Gasteiger partial charge >= 0.3 is 0 Å². The molecule has 3 aromatic carbocycles. The van der Waals surface area contributed by atoms with Gasteiger partial charge in [-0.15, -0.1) is 10.2 Å². The number of nitrogens with one attached hydrogen (secondary N) is 1. The number of amides is 2. The number of rotatable bonds is 6. The molecule has 0 aliphatic carbocycles. The van der Waals surface area contributed by atoms with Crippen LogP contribution in [0.15, 0.2) is 77.2 Å². The van der Waals surface area contributed by atoms with Crippen LogP contribution in [-0.4, -0.2) is 41.0 Å². The van der Waals surface area contributed by atoms with Crippen molar-refractivity contribution in [2.45, 2.75) is 13.5 Å². The highest BCUT2D eigenvalue weighted by Crippen LogP contribution is 2.24. The number of aromatic nitrogens is 2. The molecule has 0 saturated heterocycles. The van der Waals surface area contributed by atoms with Crippen LogP contribution in [0.1, 0.15) is 31.8 Å². The lowest BCUT2D eigenvalue weighted by Crippen LogP contribution is -2.23. The maximum Gasteiger partial charge on any atom is 0.253 e. The molecule has 1 aromatic heterocycles. The van der Waals surface area contributed by atoms with Crippen molar-refractivity contribution in [2.24, 2.45) is 0 Å². The van der Waals surface area contributed by atoms with Crippen LogP contribution in [-0.2, 0) is 6.54 Å². The minimum atomic E-state index is -0.194. The van der Waals surface area contributed by atoms with Crippen molar-refractivity contribution >= 4 is 11.8 Å². The van der Waals surface area contributed by atoms with Crippen molar-refractivity contribution in [1.29, 1.82) is 0 Å². The summed E-state index contributed by atoms with van der Waals surface area (Å²) in [5, 5.41) is 11.1. The van der Waals surface area contributed by atoms with Crippen LogP contribution < -0.4 is 5.32 Å². The second-order valence-corrected chi connectivity index (χ2v) is 7.93. The predicted octanol–water partition coefficient (Wildman–Crippen LogP) is 4.34. The van der Waals surface area contributed by atoms with Gasteiger partial charge in [0.1, 0.15) is 0 Å². The average molecular weight is 441 g/mol. The third-order valence-corrected chi connectivity index (χ3v) is 5.18. The van der Waals surface area contributed by atoms with Crippen LogP contribution in [0, 0.1) is 6.92 Å². The Hall–Kier alpha value is -4.26. The first-order valence-corrected chi connectivity index (χ1v) is 10.5. The van der Waals surface area contributed by atoms with Crippen molar-refractivity contribution in [1.82, 2.24) is 20.4 Å². The molecular weight excluding hydrogens is 416 g/mol. The fourth-order valence-electron chi connectivity index (χ4n) is 3.22. The maximum absolute atomic E-state index is 12.5. The molecule has 1 N–H and O–H groups in total. The molecule has 0 spiro atoms. The molecule has 0 fully saturated rings. The van der Waals surface area contributed by atoms with Gasteiger partial charge in [-0.1, -0.05) is 29.8 Å². The molecule has 0 radical (unpaired) electrons. The molecule has 2 amide bonds. The Morgan fingerprint density at radius 1 is 0.788 bits per heavy atom. The summed E-state index contributed by atoms with van der Waals surface area (Å²) < 4.78 is 5.79. The molecule has 0 saturated carbocycles. The number of aryl methyl sites for hydroxylation is 1. The molecule has 0 unspecified atom stereocenters. The van der Waals surface area contributed by atoms with E-state index in [0.29, 0.717) is 29.5 Å². The number of benzene rings is 3. The number of carbonyl (C=O) groups excluding carboxylic acids is 2. The van der Waals surface area contributed by atoms with E-state index in [0.717, 1.165) is 22.3 Å². The van der Waals surface area contributed by atoms with Gasteiger partial charge in [-0.2, -0.15) is 0 Å². The standard InChI is InChI=1S/C26H24N4O3/c1-17-4-8-20(9-5-17)24-28-29-25(33-24)21-14-12-19(13-15-21)23(31)27-16-18-6-10-22(11-7-18)26(32)30(2)3/h4-15H,16H2,1-3H3,(H,27,31). The second kappa shape index (κ2) is 9.48. The summed E-state index contributed by atoms with van der Waals surface area (Å²) in [6.45, 7) is 2.38. The average Bonchev–Trinajstić information content (AvgIpc) is 3.33. The van der Waals surface area contributed by atoms with E-state index in [-0.39, 0.29) is 11.8 Å². The summed E-state index contributed by atoms with van der Waals surface area (Å²) in [4.78, 5) is 26.0. The van der Waals surface area contributed by atoms with Gasteiger partial charge in [0.15, 0.2) is 0 Å². The minimum Gasteiger partial charge on any atom is -0.416 e. The molecule has 4 rings (SSSR count). The SMILES string of the molecule is Cc1ccc(-c2nnc(-c3ccc(C(=O)NCc4ccc(C(=O)N(C)C)cc4)cc3)o2)cc1. The zero-order valence-corrected chi connectivity index (χ0v) is 18.7. The number of nitrogens with zero attached hydrogens (tertiary/aromatic N) is 3. The minimum absolute atomic E-state index is 0.0575. The van der Waals surface area contributed by atoms with Crippen molar-refractivity contribution in [2.75, 3.05) is 14.1 Å². The summed E-state index contributed by atoms with van der Waals surface area (Å²) in [5.41, 5.74) is 4.79. The monoisotopic (exact) mass is 440 g/mol. The Bertz CT molecular complexity index is 1260. The number of carbonyl (C=O) groups is 2. The smallest absolute Gasteiger partial charge is 0.253 e. The van der Waals surface area contributed by atoms with Crippen molar-refractivity contribution in [3.05, 3.63) is 95.1 Å². The van der Waals surface area contributed by atoms with Gasteiger partial charge in [-0.05, 0) is 61.0 Å². The van der Waals surface area contributed by atoms with Gasteiger partial charge < -0.3 is 14.6 Å². The lowest BCUT2D eigenvalue weighted by molar-refractivity contribution is 0.0827. The number of hydrogen-bond acceptors (Lipinski definition) is 5. The first-order chi connectivity index (χ1) is 15.9. The molecular formula is C26H24N4O3. The summed E-state index contributed by atoms with van der Waals surface area (Å²) >= 11 is 0. The largest absolute Gasteiger partial charge is 0.416 e. The fraction of sp³-hybridized carbons (Fsp3) is 0.154. The topological polar surface area (TPSA) is 88.3 Å². The first kappa shape index (κ1) is 22.0. The highest BCUT2D eigenvalue weighted by Gasteiger charge is 2.12. The third-order valence-electron chi connectivity index (χ3n) is 5.18. The summed E-state index contributed by atoms with van der Waals surface area (Å²) in [7, 11) is 3.42. The zero-order valence-electron chi connectivity index (χ0n) is 18.7. The van der Waals surface area contributed by atoms with Gasteiger partial charge in [0, 0.05) is 42.9 Å². The van der Waals surface area contributed by atoms with Crippen LogP contribution in [0.3, 0.4) is 0 Å². The number of hydrogen-bond donors (Lipinski definition) is 1. The Morgan fingerprint density at radius 2 is 1.30 bits per heavy atom. The lowest BCUT2D eigenvalue weighted by atomic mass is 10.1. The molecule has 0 atom stereocenters. The second-order valence-electron chi connectivity index (χ2n) is 7.93. The van der Waals surface area contributed by atoms with Crippen molar-refractivity contribution in [3.63, 3.8) is 0 Å². The van der Waals surface area contributed by atoms with Gasteiger partial charge in [0.25, 0.3) is 11.8 Å². The van der Waals surface area contributed by atoms with Crippen molar-refractivity contribution < 1.29 is 14.0 Å². The highest BCUT2D eigenvalue weighted by molar-refractivity contribution is 5.95. The van der Waals surface area contributed by atoms with Crippen LogP contribution in [0.2, 0.25) is 0 Å². The van der Waals surface area contributed by atoms with Crippen LogP contribution in [0.25, 0.3) is 22.9 Å². The van der Waals surface area contributed by atoms with E-state index < -0.39 is 0 Å². The fourth-order valence-corrected chi connectivity index (χ4v) is 3.22. The molecule has 0 bridgehead atoms. The zero-order chi connectivity index (χ0) is 23.4. The highest BCUT2D eigenvalue weighted by atomic mass is 16.4. The molecule has 33 heavy (non-hydrogen) atoms. The Kier molecular flexibility index (Phi) is 6.31. The molecule has 0 aliphatic heterocycles. The third kappa shape index (κ3) is 5.15. The van der Waals surface area contributed by atoms with E-state index >= 15 is 0 Å².